The minimum atomic E-state index is -0.279. The summed E-state index contributed by atoms with van der Waals surface area (Å²) in [5.74, 6) is -0.367. The molecule has 1 unspecified atom stereocenters. The summed E-state index contributed by atoms with van der Waals surface area (Å²) in [5.41, 5.74) is 1.64. The van der Waals surface area contributed by atoms with Crippen molar-refractivity contribution in [3.8, 4) is 11.3 Å². The van der Waals surface area contributed by atoms with E-state index in [0.717, 1.165) is 29.1 Å². The molecule has 1 aromatic heterocycles. The molecule has 1 aliphatic heterocycles. The molecule has 1 aliphatic carbocycles. The van der Waals surface area contributed by atoms with Crippen LogP contribution in [0.1, 0.15) is 24.3 Å². The lowest BCUT2D eigenvalue weighted by Gasteiger charge is -2.11. The molecule has 0 radical (unpaired) electrons. The second-order valence-electron chi connectivity index (χ2n) is 6.83. The molecule has 1 saturated heterocycles. The number of ether oxygens (including phenoxy) is 1. The van der Waals surface area contributed by atoms with Crippen molar-refractivity contribution in [1.29, 1.82) is 0 Å². The molecule has 0 spiro atoms. The minimum absolute atomic E-state index is 0.0885. The number of carbonyl (C=O) groups excluding carboxylic acids is 2. The molecule has 2 aliphatic rings. The Morgan fingerprint density at radius 1 is 1.33 bits per heavy atom. The summed E-state index contributed by atoms with van der Waals surface area (Å²) in [6.07, 6.45) is 2.41. The van der Waals surface area contributed by atoms with Gasteiger partial charge >= 0.3 is 6.09 Å². The van der Waals surface area contributed by atoms with Gasteiger partial charge < -0.3 is 15.0 Å². The Morgan fingerprint density at radius 2 is 2.11 bits per heavy atom. The highest BCUT2D eigenvalue weighted by Gasteiger charge is 2.40. The predicted octanol–water partition coefficient (Wildman–Crippen LogP) is 2.98. The zero-order valence-corrected chi connectivity index (χ0v) is 15.5. The van der Waals surface area contributed by atoms with Crippen LogP contribution >= 0.6 is 11.3 Å². The largest absolute Gasteiger partial charge is 0.442 e. The number of rotatable bonds is 7. The van der Waals surface area contributed by atoms with Crippen LogP contribution in [0.15, 0.2) is 29.6 Å². The number of carbonyl (C=O) groups is 2. The molecule has 2 amide bonds. The molecule has 6 nitrogen and oxygen atoms in total. The standard InChI is InChI=1S/C19H20FN3O3S/c20-13-3-1-12(2-4-13)16-11-27-18(22-16)8-7-17(24)21-9-15-10-23(14-5-6-14)19(25)26-15/h1-4,11,14-15H,5-10H2,(H,21,24). The Hall–Kier alpha value is -2.48. The third-order valence-electron chi connectivity index (χ3n) is 4.67. The highest BCUT2D eigenvalue weighted by molar-refractivity contribution is 7.09. The molecule has 2 aromatic rings. The van der Waals surface area contributed by atoms with Crippen molar-refractivity contribution in [3.05, 3.63) is 40.5 Å². The molecule has 1 atom stereocenters. The van der Waals surface area contributed by atoms with Crippen LogP contribution in [-0.2, 0) is 16.0 Å². The summed E-state index contributed by atoms with van der Waals surface area (Å²) in [5, 5.41) is 5.60. The van der Waals surface area contributed by atoms with E-state index in [1.54, 1.807) is 17.0 Å². The highest BCUT2D eigenvalue weighted by atomic mass is 32.1. The van der Waals surface area contributed by atoms with E-state index < -0.39 is 0 Å². The average molecular weight is 389 g/mol. The van der Waals surface area contributed by atoms with Crippen LogP contribution in [0.2, 0.25) is 0 Å². The number of halogens is 1. The quantitative estimate of drug-likeness (QED) is 0.790. The van der Waals surface area contributed by atoms with E-state index in [2.05, 4.69) is 10.3 Å². The SMILES string of the molecule is O=C(CCc1nc(-c2ccc(F)cc2)cs1)NCC1CN(C2CC2)C(=O)O1. The molecule has 1 N–H and O–H groups in total. The summed E-state index contributed by atoms with van der Waals surface area (Å²) in [6.45, 7) is 0.893. The molecule has 2 heterocycles. The molecular formula is C19H20FN3O3S. The van der Waals surface area contributed by atoms with Crippen molar-refractivity contribution < 1.29 is 18.7 Å². The number of nitrogens with one attached hydrogen (secondary N) is 1. The second-order valence-corrected chi connectivity index (χ2v) is 7.77. The number of nitrogens with zero attached hydrogens (tertiary/aromatic N) is 2. The van der Waals surface area contributed by atoms with Crippen LogP contribution in [-0.4, -0.2) is 47.1 Å². The van der Waals surface area contributed by atoms with Crippen molar-refractivity contribution in [2.24, 2.45) is 0 Å². The third-order valence-corrected chi connectivity index (χ3v) is 5.58. The summed E-state index contributed by atoms with van der Waals surface area (Å²) in [4.78, 5) is 30.0. The van der Waals surface area contributed by atoms with Gasteiger partial charge in [0.15, 0.2) is 0 Å². The molecule has 1 aromatic carbocycles. The lowest BCUT2D eigenvalue weighted by molar-refractivity contribution is -0.121. The average Bonchev–Trinajstić information content (AvgIpc) is 3.27. The van der Waals surface area contributed by atoms with Gasteiger partial charge in [0.05, 0.1) is 23.8 Å². The Kier molecular flexibility index (Phi) is 5.07. The smallest absolute Gasteiger partial charge is 0.410 e. The second kappa shape index (κ2) is 7.64. The van der Waals surface area contributed by atoms with Gasteiger partial charge in [0, 0.05) is 29.8 Å². The Balaban J connectivity index is 1.21. The first-order valence-electron chi connectivity index (χ1n) is 9.03. The van der Waals surface area contributed by atoms with Crippen LogP contribution in [0.5, 0.6) is 0 Å². The van der Waals surface area contributed by atoms with Crippen molar-refractivity contribution >= 4 is 23.3 Å². The molecule has 1 saturated carbocycles. The maximum absolute atomic E-state index is 13.0. The summed E-state index contributed by atoms with van der Waals surface area (Å²) in [7, 11) is 0. The van der Waals surface area contributed by atoms with Gasteiger partial charge in [-0.15, -0.1) is 11.3 Å². The first-order chi connectivity index (χ1) is 13.1. The van der Waals surface area contributed by atoms with E-state index in [9.17, 15) is 14.0 Å². The summed E-state index contributed by atoms with van der Waals surface area (Å²) >= 11 is 1.48. The number of cyclic esters (lactones) is 1. The topological polar surface area (TPSA) is 71.5 Å². The maximum Gasteiger partial charge on any atom is 0.410 e. The van der Waals surface area contributed by atoms with E-state index in [-0.39, 0.29) is 23.9 Å². The fourth-order valence-corrected chi connectivity index (χ4v) is 3.85. The molecule has 8 heteroatoms. The normalized spacial score (nSPS) is 19.2. The van der Waals surface area contributed by atoms with Crippen molar-refractivity contribution in [2.75, 3.05) is 13.1 Å². The minimum Gasteiger partial charge on any atom is -0.442 e. The van der Waals surface area contributed by atoms with E-state index >= 15 is 0 Å². The fourth-order valence-electron chi connectivity index (χ4n) is 3.05. The van der Waals surface area contributed by atoms with E-state index in [1.165, 1.54) is 23.5 Å². The predicted molar refractivity (Wildman–Crippen MR) is 98.8 cm³/mol. The number of amides is 2. The number of aryl methyl sites for hydroxylation is 1. The Bertz CT molecular complexity index is 835. The Labute approximate surface area is 160 Å². The maximum atomic E-state index is 13.0. The van der Waals surface area contributed by atoms with Crippen LogP contribution in [0.25, 0.3) is 11.3 Å². The summed E-state index contributed by atoms with van der Waals surface area (Å²) in [6, 6.07) is 6.52. The van der Waals surface area contributed by atoms with Crippen LogP contribution in [0, 0.1) is 5.82 Å². The van der Waals surface area contributed by atoms with Crippen LogP contribution in [0.4, 0.5) is 9.18 Å². The van der Waals surface area contributed by atoms with Crippen LogP contribution < -0.4 is 5.32 Å². The van der Waals surface area contributed by atoms with Gasteiger partial charge in [-0.1, -0.05) is 0 Å². The van der Waals surface area contributed by atoms with Crippen molar-refractivity contribution in [1.82, 2.24) is 15.2 Å². The number of aromatic nitrogens is 1. The first kappa shape index (κ1) is 17.9. The van der Waals surface area contributed by atoms with Gasteiger partial charge in [0.1, 0.15) is 11.9 Å². The molecule has 0 bridgehead atoms. The van der Waals surface area contributed by atoms with Gasteiger partial charge in [-0.25, -0.2) is 14.2 Å². The zero-order valence-electron chi connectivity index (χ0n) is 14.7. The van der Waals surface area contributed by atoms with Gasteiger partial charge in [0.25, 0.3) is 0 Å². The molecule has 2 fully saturated rings. The third kappa shape index (κ3) is 4.44. The fraction of sp³-hybridized carbons (Fsp3) is 0.421. The van der Waals surface area contributed by atoms with Crippen molar-refractivity contribution in [2.45, 2.75) is 37.8 Å². The number of hydrogen-bond donors (Lipinski definition) is 1. The van der Waals surface area contributed by atoms with E-state index in [1.807, 2.05) is 5.38 Å². The lowest BCUT2D eigenvalue weighted by Crippen LogP contribution is -2.35. The number of thiazole rings is 1. The molecular weight excluding hydrogens is 369 g/mol. The van der Waals surface area contributed by atoms with E-state index in [4.69, 9.17) is 4.74 Å². The number of benzene rings is 1. The van der Waals surface area contributed by atoms with Gasteiger partial charge in [-0.05, 0) is 37.1 Å². The lowest BCUT2D eigenvalue weighted by atomic mass is 10.2. The van der Waals surface area contributed by atoms with Gasteiger partial charge in [-0.2, -0.15) is 0 Å². The van der Waals surface area contributed by atoms with E-state index in [0.29, 0.717) is 32.0 Å². The molecule has 142 valence electrons. The first-order valence-corrected chi connectivity index (χ1v) is 9.91. The van der Waals surface area contributed by atoms with Gasteiger partial charge in [0.2, 0.25) is 5.91 Å². The number of hydrogen-bond acceptors (Lipinski definition) is 5. The van der Waals surface area contributed by atoms with Crippen molar-refractivity contribution in [3.63, 3.8) is 0 Å². The summed E-state index contributed by atoms with van der Waals surface area (Å²) < 4.78 is 18.3. The highest BCUT2D eigenvalue weighted by Crippen LogP contribution is 2.30. The van der Waals surface area contributed by atoms with Gasteiger partial charge in [-0.3, -0.25) is 4.79 Å². The molecule has 27 heavy (non-hydrogen) atoms. The zero-order chi connectivity index (χ0) is 18.8. The monoisotopic (exact) mass is 389 g/mol. The molecule has 4 rings (SSSR count). The van der Waals surface area contributed by atoms with Crippen LogP contribution in [0.3, 0.4) is 0 Å². The Morgan fingerprint density at radius 3 is 2.85 bits per heavy atom.